The van der Waals surface area contributed by atoms with E-state index in [1.165, 1.54) is 0 Å². The number of hydrogen-bond acceptors (Lipinski definition) is 3. The fourth-order valence-corrected chi connectivity index (χ4v) is 3.18. The fraction of sp³-hybridized carbons (Fsp3) is 0.600. The molecule has 1 aromatic rings. The highest BCUT2D eigenvalue weighted by molar-refractivity contribution is 5.31. The summed E-state index contributed by atoms with van der Waals surface area (Å²) in [6, 6.07) is 7.84. The smallest absolute Gasteiger partial charge is 0.119 e. The molecule has 2 fully saturated rings. The van der Waals surface area contributed by atoms with E-state index in [-0.39, 0.29) is 12.2 Å². The van der Waals surface area contributed by atoms with Crippen molar-refractivity contribution in [1.29, 1.82) is 0 Å². The van der Waals surface area contributed by atoms with Gasteiger partial charge in [-0.3, -0.25) is 0 Å². The van der Waals surface area contributed by atoms with Gasteiger partial charge < -0.3 is 14.6 Å². The second-order valence-electron chi connectivity index (χ2n) is 5.35. The Morgan fingerprint density at radius 1 is 1.22 bits per heavy atom. The van der Waals surface area contributed by atoms with Crippen molar-refractivity contribution >= 4 is 0 Å². The van der Waals surface area contributed by atoms with Crippen LogP contribution in [0.5, 0.6) is 5.75 Å². The van der Waals surface area contributed by atoms with Crippen molar-refractivity contribution < 1.29 is 14.6 Å². The Kier molecular flexibility index (Phi) is 3.04. The molecule has 3 nitrogen and oxygen atoms in total. The third kappa shape index (κ3) is 2.13. The maximum Gasteiger partial charge on any atom is 0.119 e. The van der Waals surface area contributed by atoms with Gasteiger partial charge in [-0.05, 0) is 37.5 Å². The molecule has 2 atom stereocenters. The van der Waals surface area contributed by atoms with E-state index in [1.54, 1.807) is 0 Å². The number of benzene rings is 1. The molecule has 0 radical (unpaired) electrons. The van der Waals surface area contributed by atoms with Crippen molar-refractivity contribution in [3.8, 4) is 5.75 Å². The summed E-state index contributed by atoms with van der Waals surface area (Å²) in [5.74, 6) is 0.861. The predicted molar refractivity (Wildman–Crippen MR) is 68.6 cm³/mol. The van der Waals surface area contributed by atoms with Gasteiger partial charge in [0.25, 0.3) is 0 Å². The van der Waals surface area contributed by atoms with Crippen molar-refractivity contribution in [2.24, 2.45) is 0 Å². The zero-order valence-corrected chi connectivity index (χ0v) is 10.8. The van der Waals surface area contributed by atoms with Crippen molar-refractivity contribution in [3.05, 3.63) is 29.8 Å². The quantitative estimate of drug-likeness (QED) is 0.893. The second-order valence-corrected chi connectivity index (χ2v) is 5.35. The van der Waals surface area contributed by atoms with Gasteiger partial charge in [-0.15, -0.1) is 0 Å². The fourth-order valence-electron chi connectivity index (χ4n) is 3.18. The largest absolute Gasteiger partial charge is 0.494 e. The summed E-state index contributed by atoms with van der Waals surface area (Å²) in [6.45, 7) is 2.64. The van der Waals surface area contributed by atoms with Gasteiger partial charge in [0.15, 0.2) is 0 Å². The van der Waals surface area contributed by atoms with Crippen LogP contribution in [0.1, 0.15) is 38.2 Å². The van der Waals surface area contributed by atoms with Crippen molar-refractivity contribution in [2.45, 2.75) is 50.4 Å². The number of aliphatic hydroxyl groups is 1. The molecule has 2 unspecified atom stereocenters. The topological polar surface area (TPSA) is 38.7 Å². The number of ether oxygens (including phenoxy) is 2. The maximum atomic E-state index is 10.8. The molecule has 0 aromatic heterocycles. The first-order valence-corrected chi connectivity index (χ1v) is 6.81. The number of hydrogen-bond donors (Lipinski definition) is 1. The molecule has 2 bridgehead atoms. The number of fused-ring (bicyclic) bond motifs is 2. The lowest BCUT2D eigenvalue weighted by Crippen LogP contribution is -2.38. The van der Waals surface area contributed by atoms with Crippen molar-refractivity contribution in [3.63, 3.8) is 0 Å². The molecular weight excluding hydrogens is 228 g/mol. The van der Waals surface area contributed by atoms with Gasteiger partial charge in [0.05, 0.1) is 24.4 Å². The van der Waals surface area contributed by atoms with E-state index < -0.39 is 5.60 Å². The zero-order chi connectivity index (χ0) is 12.6. The summed E-state index contributed by atoms with van der Waals surface area (Å²) in [7, 11) is 0. The molecule has 0 amide bonds. The van der Waals surface area contributed by atoms with Gasteiger partial charge in [0, 0.05) is 12.8 Å². The molecule has 0 aliphatic carbocycles. The van der Waals surface area contributed by atoms with Crippen LogP contribution in [0.2, 0.25) is 0 Å². The van der Waals surface area contributed by atoms with Gasteiger partial charge >= 0.3 is 0 Å². The van der Waals surface area contributed by atoms with Crippen LogP contribution >= 0.6 is 0 Å². The molecule has 18 heavy (non-hydrogen) atoms. The monoisotopic (exact) mass is 248 g/mol. The average molecular weight is 248 g/mol. The molecule has 0 spiro atoms. The zero-order valence-electron chi connectivity index (χ0n) is 10.8. The Hall–Kier alpha value is -1.06. The molecule has 3 rings (SSSR count). The standard InChI is InChI=1S/C15H20O3/c1-2-17-12-5-3-11(4-6-12)15(16)9-13-7-8-14(10-15)18-13/h3-6,13-14,16H,2,7-10H2,1H3. The molecule has 2 heterocycles. The average Bonchev–Trinajstić information content (AvgIpc) is 2.70. The Morgan fingerprint density at radius 2 is 1.83 bits per heavy atom. The van der Waals surface area contributed by atoms with E-state index in [9.17, 15) is 5.11 Å². The highest BCUT2D eigenvalue weighted by Gasteiger charge is 2.44. The lowest BCUT2D eigenvalue weighted by Gasteiger charge is -2.36. The lowest BCUT2D eigenvalue weighted by molar-refractivity contribution is -0.115. The molecule has 0 saturated carbocycles. The molecule has 3 heteroatoms. The van der Waals surface area contributed by atoms with Crippen LogP contribution in [0.4, 0.5) is 0 Å². The van der Waals surface area contributed by atoms with Crippen LogP contribution in [0.15, 0.2) is 24.3 Å². The Bertz CT molecular complexity index is 400. The summed E-state index contributed by atoms with van der Waals surface area (Å²) in [6.07, 6.45) is 4.09. The third-order valence-electron chi connectivity index (χ3n) is 4.03. The van der Waals surface area contributed by atoms with E-state index in [0.717, 1.165) is 37.0 Å². The van der Waals surface area contributed by atoms with E-state index in [2.05, 4.69) is 0 Å². The van der Waals surface area contributed by atoms with Crippen LogP contribution in [0, 0.1) is 0 Å². The normalized spacial score (nSPS) is 34.6. The molecule has 1 aromatic carbocycles. The molecule has 2 aliphatic rings. The third-order valence-corrected chi connectivity index (χ3v) is 4.03. The molecule has 2 saturated heterocycles. The Balaban J connectivity index is 1.80. The first-order chi connectivity index (χ1) is 8.69. The maximum absolute atomic E-state index is 10.8. The summed E-state index contributed by atoms with van der Waals surface area (Å²) < 4.78 is 11.2. The minimum atomic E-state index is -0.713. The van der Waals surface area contributed by atoms with Crippen LogP contribution in [-0.2, 0) is 10.3 Å². The Morgan fingerprint density at radius 3 is 2.39 bits per heavy atom. The van der Waals surface area contributed by atoms with Gasteiger partial charge in [0.1, 0.15) is 5.75 Å². The molecule has 1 N–H and O–H groups in total. The minimum Gasteiger partial charge on any atom is -0.494 e. The summed E-state index contributed by atoms with van der Waals surface area (Å²) in [4.78, 5) is 0. The minimum absolute atomic E-state index is 0.236. The van der Waals surface area contributed by atoms with E-state index in [0.29, 0.717) is 6.61 Å². The lowest BCUT2D eigenvalue weighted by atomic mass is 9.83. The highest BCUT2D eigenvalue weighted by Crippen LogP contribution is 2.44. The first kappa shape index (κ1) is 12.0. The first-order valence-electron chi connectivity index (χ1n) is 6.81. The van der Waals surface area contributed by atoms with Gasteiger partial charge in [-0.1, -0.05) is 12.1 Å². The van der Waals surface area contributed by atoms with Crippen LogP contribution < -0.4 is 4.74 Å². The summed E-state index contributed by atoms with van der Waals surface area (Å²) >= 11 is 0. The van der Waals surface area contributed by atoms with E-state index in [4.69, 9.17) is 9.47 Å². The van der Waals surface area contributed by atoms with Gasteiger partial charge in [-0.2, -0.15) is 0 Å². The van der Waals surface area contributed by atoms with E-state index >= 15 is 0 Å². The predicted octanol–water partition coefficient (Wildman–Crippen LogP) is 2.61. The van der Waals surface area contributed by atoms with Gasteiger partial charge in [-0.25, -0.2) is 0 Å². The van der Waals surface area contributed by atoms with E-state index in [1.807, 2.05) is 31.2 Å². The van der Waals surface area contributed by atoms with Crippen molar-refractivity contribution in [2.75, 3.05) is 6.61 Å². The number of rotatable bonds is 3. The van der Waals surface area contributed by atoms with Gasteiger partial charge in [0.2, 0.25) is 0 Å². The molecule has 2 aliphatic heterocycles. The summed E-state index contributed by atoms with van der Waals surface area (Å²) in [5, 5.41) is 10.8. The Labute approximate surface area is 108 Å². The van der Waals surface area contributed by atoms with Crippen LogP contribution in [0.25, 0.3) is 0 Å². The molecule has 98 valence electrons. The van der Waals surface area contributed by atoms with Crippen molar-refractivity contribution in [1.82, 2.24) is 0 Å². The van der Waals surface area contributed by atoms with Crippen LogP contribution in [0.3, 0.4) is 0 Å². The SMILES string of the molecule is CCOc1ccc(C2(O)CC3CCC(C2)O3)cc1. The highest BCUT2D eigenvalue weighted by atomic mass is 16.5. The second kappa shape index (κ2) is 4.56. The summed E-state index contributed by atoms with van der Waals surface area (Å²) in [5.41, 5.74) is 0.278. The molecular formula is C15H20O3. The van der Waals surface area contributed by atoms with Crippen LogP contribution in [-0.4, -0.2) is 23.9 Å².